The van der Waals surface area contributed by atoms with E-state index in [0.717, 1.165) is 34.4 Å². The molecule has 4 aromatic rings. The Morgan fingerprint density at radius 3 is 1.56 bits per heavy atom. The van der Waals surface area contributed by atoms with E-state index >= 15 is 0 Å². The maximum absolute atomic E-state index is 6.80. The molecule has 0 spiro atoms. The first-order valence-corrected chi connectivity index (χ1v) is 15.8. The van der Waals surface area contributed by atoms with Crippen LogP contribution in [0.15, 0.2) is 146 Å². The number of hydrogen-bond donors (Lipinski definition) is 0. The number of hydrogen-bond acceptors (Lipinski definition) is 5. The lowest BCUT2D eigenvalue weighted by Crippen LogP contribution is -2.56. The van der Waals surface area contributed by atoms with Crippen LogP contribution in [0.25, 0.3) is 0 Å². The summed E-state index contributed by atoms with van der Waals surface area (Å²) in [5.41, 5.74) is 4.33. The molecule has 5 rings (SSSR count). The van der Waals surface area contributed by atoms with E-state index in [1.54, 1.807) is 0 Å². The maximum atomic E-state index is 6.80. The molecule has 5 atom stereocenters. The highest BCUT2D eigenvalue weighted by atomic mass is 16.6. The highest BCUT2D eigenvalue weighted by molar-refractivity contribution is 5.19. The topological polar surface area (TPSA) is 46.2 Å². The van der Waals surface area contributed by atoms with E-state index in [4.69, 9.17) is 23.7 Å². The van der Waals surface area contributed by atoms with Gasteiger partial charge in [-0.1, -0.05) is 134 Å². The molecule has 0 aromatic heterocycles. The van der Waals surface area contributed by atoms with Gasteiger partial charge in [-0.2, -0.15) is 0 Å². The fraction of sp³-hybridized carbons (Fsp3) is 0.300. The molecular weight excluding hydrogens is 560 g/mol. The van der Waals surface area contributed by atoms with Crippen LogP contribution in [0, 0.1) is 5.92 Å². The summed E-state index contributed by atoms with van der Waals surface area (Å²) in [7, 11) is 0. The number of ether oxygens (including phenoxy) is 5. The van der Waals surface area contributed by atoms with Gasteiger partial charge in [-0.05, 0) is 40.7 Å². The van der Waals surface area contributed by atoms with Crippen molar-refractivity contribution >= 4 is 0 Å². The Balaban J connectivity index is 1.46. The lowest BCUT2D eigenvalue weighted by atomic mass is 9.94. The standard InChI is InChI=1S/C40H44O5/c1-3-16-31(2)25-36-38(42-27-33-19-10-5-11-20-33)40(44-29-35-23-14-7-15-24-35)39(43-28-34-21-12-6-13-22-34)37(45-36)30-41-26-32-17-8-4-9-18-32/h3-15,17-25,31,37-40H,1,16,26-30H2,2H3/b36-25-. The number of rotatable bonds is 16. The van der Waals surface area contributed by atoms with Gasteiger partial charge in [0.15, 0.2) is 6.10 Å². The summed E-state index contributed by atoms with van der Waals surface area (Å²) >= 11 is 0. The summed E-state index contributed by atoms with van der Waals surface area (Å²) < 4.78 is 33.3. The summed E-state index contributed by atoms with van der Waals surface area (Å²) in [6.07, 6.45) is 3.06. The van der Waals surface area contributed by atoms with E-state index in [1.165, 1.54) is 0 Å². The van der Waals surface area contributed by atoms with Crippen molar-refractivity contribution in [3.63, 3.8) is 0 Å². The van der Waals surface area contributed by atoms with E-state index in [9.17, 15) is 0 Å². The van der Waals surface area contributed by atoms with Crippen LogP contribution in [0.5, 0.6) is 0 Å². The Morgan fingerprint density at radius 2 is 1.07 bits per heavy atom. The van der Waals surface area contributed by atoms with Crippen molar-refractivity contribution in [1.29, 1.82) is 0 Å². The minimum Gasteiger partial charge on any atom is -0.487 e. The average Bonchev–Trinajstić information content (AvgIpc) is 3.08. The molecular formula is C40H44O5. The summed E-state index contributed by atoms with van der Waals surface area (Å²) in [4.78, 5) is 0. The van der Waals surface area contributed by atoms with Crippen molar-refractivity contribution in [1.82, 2.24) is 0 Å². The third-order valence-corrected chi connectivity index (χ3v) is 7.78. The second kappa shape index (κ2) is 17.5. The highest BCUT2D eigenvalue weighted by Gasteiger charge is 2.46. The van der Waals surface area contributed by atoms with Crippen molar-refractivity contribution < 1.29 is 23.7 Å². The predicted molar refractivity (Wildman–Crippen MR) is 178 cm³/mol. The van der Waals surface area contributed by atoms with Crippen LogP contribution in [0.1, 0.15) is 35.6 Å². The van der Waals surface area contributed by atoms with Gasteiger partial charge in [-0.15, -0.1) is 6.58 Å². The molecule has 234 valence electrons. The minimum atomic E-state index is -0.493. The molecule has 1 fully saturated rings. The Bertz CT molecular complexity index is 1430. The number of benzene rings is 4. The molecule has 1 saturated heterocycles. The van der Waals surface area contributed by atoms with Crippen molar-refractivity contribution in [2.45, 2.75) is 64.2 Å². The Hall–Kier alpha value is -4.00. The molecule has 1 aliphatic rings. The van der Waals surface area contributed by atoms with Crippen molar-refractivity contribution in [3.8, 4) is 0 Å². The van der Waals surface area contributed by atoms with Gasteiger partial charge < -0.3 is 23.7 Å². The van der Waals surface area contributed by atoms with Crippen LogP contribution in [0.2, 0.25) is 0 Å². The normalized spacial score (nSPS) is 21.2. The summed E-state index contributed by atoms with van der Waals surface area (Å²) in [5.74, 6) is 0.939. The first-order valence-electron chi connectivity index (χ1n) is 15.8. The third-order valence-electron chi connectivity index (χ3n) is 7.78. The SMILES string of the molecule is C=CCC(C)/C=C1\OC(COCc2ccccc2)C(OCc2ccccc2)C(OCc2ccccc2)C1OCc1ccccc1. The summed E-state index contributed by atoms with van der Waals surface area (Å²) in [5, 5.41) is 0. The molecule has 0 radical (unpaired) electrons. The van der Waals surface area contributed by atoms with E-state index in [0.29, 0.717) is 33.0 Å². The van der Waals surface area contributed by atoms with Gasteiger partial charge in [-0.3, -0.25) is 0 Å². The van der Waals surface area contributed by atoms with Crippen molar-refractivity contribution in [2.75, 3.05) is 6.61 Å². The molecule has 5 nitrogen and oxygen atoms in total. The van der Waals surface area contributed by atoms with Crippen LogP contribution >= 0.6 is 0 Å². The van der Waals surface area contributed by atoms with Crippen molar-refractivity contribution in [2.24, 2.45) is 5.92 Å². The van der Waals surface area contributed by atoms with Gasteiger partial charge in [-0.25, -0.2) is 0 Å². The van der Waals surface area contributed by atoms with Gasteiger partial charge in [0.25, 0.3) is 0 Å². The molecule has 1 aliphatic heterocycles. The zero-order valence-electron chi connectivity index (χ0n) is 26.1. The Kier molecular flexibility index (Phi) is 12.6. The monoisotopic (exact) mass is 604 g/mol. The molecule has 0 N–H and O–H groups in total. The van der Waals surface area contributed by atoms with E-state index in [2.05, 4.69) is 68.1 Å². The van der Waals surface area contributed by atoms with E-state index in [-0.39, 0.29) is 5.92 Å². The first kappa shape index (κ1) is 32.4. The molecule has 0 bridgehead atoms. The number of allylic oxidation sites excluding steroid dienone is 2. The molecule has 0 aliphatic carbocycles. The average molecular weight is 605 g/mol. The maximum Gasteiger partial charge on any atom is 0.150 e. The molecule has 5 heteroatoms. The second-order valence-electron chi connectivity index (χ2n) is 11.5. The Morgan fingerprint density at radius 1 is 0.622 bits per heavy atom. The Labute approximate surface area is 268 Å². The van der Waals surface area contributed by atoms with E-state index in [1.807, 2.05) is 78.9 Å². The van der Waals surface area contributed by atoms with Crippen LogP contribution in [-0.2, 0) is 50.1 Å². The second-order valence-corrected chi connectivity index (χ2v) is 11.5. The van der Waals surface area contributed by atoms with Crippen LogP contribution in [0.3, 0.4) is 0 Å². The first-order chi connectivity index (χ1) is 22.2. The van der Waals surface area contributed by atoms with Gasteiger partial charge in [0.2, 0.25) is 0 Å². The van der Waals surface area contributed by atoms with Crippen molar-refractivity contribution in [3.05, 3.63) is 168 Å². The van der Waals surface area contributed by atoms with Gasteiger partial charge >= 0.3 is 0 Å². The third kappa shape index (κ3) is 10.0. The lowest BCUT2D eigenvalue weighted by Gasteiger charge is -2.44. The quantitative estimate of drug-likeness (QED) is 0.120. The van der Waals surface area contributed by atoms with Gasteiger partial charge in [0.05, 0.1) is 33.0 Å². The predicted octanol–water partition coefficient (Wildman–Crippen LogP) is 8.45. The highest BCUT2D eigenvalue weighted by Crippen LogP contribution is 2.34. The smallest absolute Gasteiger partial charge is 0.150 e. The van der Waals surface area contributed by atoms with Gasteiger partial charge in [0, 0.05) is 0 Å². The fourth-order valence-corrected chi connectivity index (χ4v) is 5.45. The molecule has 0 amide bonds. The van der Waals surface area contributed by atoms with Gasteiger partial charge in [0.1, 0.15) is 24.1 Å². The molecule has 5 unspecified atom stereocenters. The zero-order chi connectivity index (χ0) is 31.1. The molecule has 1 heterocycles. The summed E-state index contributed by atoms with van der Waals surface area (Å²) in [6.45, 7) is 8.14. The fourth-order valence-electron chi connectivity index (χ4n) is 5.45. The summed E-state index contributed by atoms with van der Waals surface area (Å²) in [6, 6.07) is 40.7. The van der Waals surface area contributed by atoms with E-state index < -0.39 is 24.4 Å². The zero-order valence-corrected chi connectivity index (χ0v) is 26.1. The van der Waals surface area contributed by atoms with Crippen LogP contribution < -0.4 is 0 Å². The van der Waals surface area contributed by atoms with Crippen LogP contribution in [0.4, 0.5) is 0 Å². The molecule has 45 heavy (non-hydrogen) atoms. The van der Waals surface area contributed by atoms with Crippen LogP contribution in [-0.4, -0.2) is 31.0 Å². The minimum absolute atomic E-state index is 0.197. The lowest BCUT2D eigenvalue weighted by molar-refractivity contribution is -0.223. The molecule has 4 aromatic carbocycles. The largest absolute Gasteiger partial charge is 0.487 e. The molecule has 0 saturated carbocycles.